The first kappa shape index (κ1) is 11.7. The third-order valence-electron chi connectivity index (χ3n) is 4.26. The van der Waals surface area contributed by atoms with Crippen LogP contribution in [0.2, 0.25) is 0 Å². The molecule has 3 heteroatoms. The number of aliphatic hydroxyl groups is 1. The number of carbonyl (C=O) groups excluding carboxylic acids is 1. The summed E-state index contributed by atoms with van der Waals surface area (Å²) in [5, 5.41) is 9.89. The van der Waals surface area contributed by atoms with E-state index >= 15 is 0 Å². The first-order chi connectivity index (χ1) is 8.68. The smallest absolute Gasteiger partial charge is 0.232 e. The Balaban J connectivity index is 1.90. The Hall–Kier alpha value is -1.35. The number of amides is 1. The van der Waals surface area contributed by atoms with Crippen LogP contribution >= 0.6 is 0 Å². The van der Waals surface area contributed by atoms with Gasteiger partial charge < -0.3 is 10.0 Å². The van der Waals surface area contributed by atoms with E-state index in [0.717, 1.165) is 43.5 Å². The second-order valence-corrected chi connectivity index (χ2v) is 5.43. The number of carbonyl (C=O) groups is 1. The van der Waals surface area contributed by atoms with Crippen LogP contribution < -0.4 is 4.90 Å². The van der Waals surface area contributed by atoms with E-state index in [2.05, 4.69) is 19.1 Å². The number of hydrogen-bond donors (Lipinski definition) is 1. The second kappa shape index (κ2) is 4.39. The van der Waals surface area contributed by atoms with Gasteiger partial charge in [-0.1, -0.05) is 18.2 Å². The maximum Gasteiger partial charge on any atom is 0.232 e. The molecule has 3 rings (SSSR count). The molecule has 0 spiro atoms. The Labute approximate surface area is 107 Å². The number of rotatable bonds is 1. The van der Waals surface area contributed by atoms with Crippen molar-refractivity contribution in [3.05, 3.63) is 29.3 Å². The fourth-order valence-corrected chi connectivity index (χ4v) is 3.30. The van der Waals surface area contributed by atoms with Crippen LogP contribution in [-0.4, -0.2) is 23.7 Å². The Morgan fingerprint density at radius 1 is 1.39 bits per heavy atom. The zero-order valence-corrected chi connectivity index (χ0v) is 10.7. The highest BCUT2D eigenvalue weighted by Crippen LogP contribution is 2.35. The molecule has 0 saturated heterocycles. The van der Waals surface area contributed by atoms with E-state index in [-0.39, 0.29) is 11.8 Å². The molecule has 18 heavy (non-hydrogen) atoms. The van der Waals surface area contributed by atoms with Crippen LogP contribution in [0.3, 0.4) is 0 Å². The zero-order chi connectivity index (χ0) is 12.7. The number of nitrogens with zero attached hydrogens (tertiary/aromatic N) is 1. The molecule has 1 saturated carbocycles. The lowest BCUT2D eigenvalue weighted by atomic mass is 10.0. The SMILES string of the molecule is Cc1cccc2c1N(C(=O)C1CCCC1O)CC2. The highest BCUT2D eigenvalue weighted by Gasteiger charge is 2.37. The van der Waals surface area contributed by atoms with Gasteiger partial charge in [0.2, 0.25) is 5.91 Å². The van der Waals surface area contributed by atoms with Crippen molar-refractivity contribution >= 4 is 11.6 Å². The molecule has 1 N–H and O–H groups in total. The fourth-order valence-electron chi connectivity index (χ4n) is 3.30. The Morgan fingerprint density at radius 3 is 2.94 bits per heavy atom. The van der Waals surface area contributed by atoms with E-state index < -0.39 is 6.10 Å². The minimum absolute atomic E-state index is 0.119. The van der Waals surface area contributed by atoms with Crippen LogP contribution in [0.5, 0.6) is 0 Å². The van der Waals surface area contributed by atoms with E-state index in [9.17, 15) is 9.90 Å². The summed E-state index contributed by atoms with van der Waals surface area (Å²) in [6.45, 7) is 2.82. The molecule has 1 aliphatic heterocycles. The second-order valence-electron chi connectivity index (χ2n) is 5.43. The van der Waals surface area contributed by atoms with Crippen LogP contribution in [0.1, 0.15) is 30.4 Å². The minimum Gasteiger partial charge on any atom is -0.392 e. The van der Waals surface area contributed by atoms with Crippen molar-refractivity contribution in [1.82, 2.24) is 0 Å². The molecule has 3 nitrogen and oxygen atoms in total. The first-order valence-corrected chi connectivity index (χ1v) is 6.76. The van der Waals surface area contributed by atoms with Crippen molar-refractivity contribution in [2.75, 3.05) is 11.4 Å². The molecule has 1 aromatic rings. The van der Waals surface area contributed by atoms with Crippen LogP contribution in [0.15, 0.2) is 18.2 Å². The maximum atomic E-state index is 12.5. The number of benzene rings is 1. The summed E-state index contributed by atoms with van der Waals surface area (Å²) in [6, 6.07) is 6.20. The van der Waals surface area contributed by atoms with Gasteiger partial charge >= 0.3 is 0 Å². The lowest BCUT2D eigenvalue weighted by Crippen LogP contribution is -2.38. The third kappa shape index (κ3) is 1.74. The van der Waals surface area contributed by atoms with Gasteiger partial charge in [0.25, 0.3) is 0 Å². The van der Waals surface area contributed by atoms with E-state index in [1.165, 1.54) is 5.56 Å². The fraction of sp³-hybridized carbons (Fsp3) is 0.533. The molecule has 1 heterocycles. The largest absolute Gasteiger partial charge is 0.392 e. The number of hydrogen-bond acceptors (Lipinski definition) is 2. The van der Waals surface area contributed by atoms with Crippen LogP contribution in [0, 0.1) is 12.8 Å². The maximum absolute atomic E-state index is 12.5. The first-order valence-electron chi connectivity index (χ1n) is 6.76. The number of para-hydroxylation sites is 1. The molecule has 1 aromatic carbocycles. The highest BCUT2D eigenvalue weighted by atomic mass is 16.3. The number of fused-ring (bicyclic) bond motifs is 1. The van der Waals surface area contributed by atoms with Crippen LogP contribution in [-0.2, 0) is 11.2 Å². The van der Waals surface area contributed by atoms with Crippen LogP contribution in [0.4, 0.5) is 5.69 Å². The summed E-state index contributed by atoms with van der Waals surface area (Å²) in [5.74, 6) is -0.0661. The van der Waals surface area contributed by atoms with Gasteiger partial charge in [-0.3, -0.25) is 4.79 Å². The van der Waals surface area contributed by atoms with Gasteiger partial charge in [0.1, 0.15) is 0 Å². The standard InChI is InChI=1S/C15H19NO2/c1-10-4-2-5-11-8-9-16(14(10)11)15(18)12-6-3-7-13(12)17/h2,4-5,12-13,17H,3,6-9H2,1H3. The van der Waals surface area contributed by atoms with E-state index in [0.29, 0.717) is 0 Å². The van der Waals surface area contributed by atoms with Gasteiger partial charge in [0.15, 0.2) is 0 Å². The van der Waals surface area contributed by atoms with Crippen molar-refractivity contribution in [2.45, 2.75) is 38.7 Å². The Bertz CT molecular complexity index is 483. The molecule has 2 atom stereocenters. The summed E-state index contributed by atoms with van der Waals surface area (Å²) in [5.41, 5.74) is 3.50. The summed E-state index contributed by atoms with van der Waals surface area (Å²) in [7, 11) is 0. The molecule has 1 aliphatic carbocycles. The zero-order valence-electron chi connectivity index (χ0n) is 10.7. The molecular weight excluding hydrogens is 226 g/mol. The van der Waals surface area contributed by atoms with E-state index in [1.807, 2.05) is 11.0 Å². The summed E-state index contributed by atoms with van der Waals surface area (Å²) in [6.07, 6.45) is 3.06. The van der Waals surface area contributed by atoms with Gasteiger partial charge in [0, 0.05) is 12.2 Å². The average Bonchev–Trinajstić information content (AvgIpc) is 2.95. The third-order valence-corrected chi connectivity index (χ3v) is 4.26. The number of aliphatic hydroxyl groups excluding tert-OH is 1. The van der Waals surface area contributed by atoms with Gasteiger partial charge in [-0.25, -0.2) is 0 Å². The van der Waals surface area contributed by atoms with Gasteiger partial charge in [0.05, 0.1) is 12.0 Å². The topological polar surface area (TPSA) is 40.5 Å². The Kier molecular flexibility index (Phi) is 2.86. The lowest BCUT2D eigenvalue weighted by Gasteiger charge is -2.24. The summed E-state index contributed by atoms with van der Waals surface area (Å²) < 4.78 is 0. The summed E-state index contributed by atoms with van der Waals surface area (Å²) in [4.78, 5) is 14.4. The van der Waals surface area contributed by atoms with Crippen molar-refractivity contribution in [1.29, 1.82) is 0 Å². The predicted molar refractivity (Wildman–Crippen MR) is 70.6 cm³/mol. The average molecular weight is 245 g/mol. The molecule has 96 valence electrons. The van der Waals surface area contributed by atoms with Crippen molar-refractivity contribution in [3.8, 4) is 0 Å². The Morgan fingerprint density at radius 2 is 2.22 bits per heavy atom. The molecular formula is C15H19NO2. The van der Waals surface area contributed by atoms with Gasteiger partial charge in [-0.15, -0.1) is 0 Å². The van der Waals surface area contributed by atoms with E-state index in [1.54, 1.807) is 0 Å². The molecule has 1 amide bonds. The molecule has 1 fully saturated rings. The predicted octanol–water partition coefficient (Wildman–Crippen LogP) is 2.05. The normalized spacial score (nSPS) is 26.4. The van der Waals surface area contributed by atoms with Crippen molar-refractivity contribution < 1.29 is 9.90 Å². The molecule has 0 aromatic heterocycles. The molecule has 0 radical (unpaired) electrons. The highest BCUT2D eigenvalue weighted by molar-refractivity contribution is 5.98. The van der Waals surface area contributed by atoms with Crippen molar-refractivity contribution in [3.63, 3.8) is 0 Å². The lowest BCUT2D eigenvalue weighted by molar-refractivity contribution is -0.124. The number of anilines is 1. The molecule has 0 bridgehead atoms. The summed E-state index contributed by atoms with van der Waals surface area (Å²) >= 11 is 0. The van der Waals surface area contributed by atoms with Gasteiger partial charge in [-0.05, 0) is 43.7 Å². The monoisotopic (exact) mass is 245 g/mol. The van der Waals surface area contributed by atoms with Crippen LogP contribution in [0.25, 0.3) is 0 Å². The molecule has 2 aliphatic rings. The minimum atomic E-state index is -0.439. The molecule has 2 unspecified atom stereocenters. The quantitative estimate of drug-likeness (QED) is 0.822. The van der Waals surface area contributed by atoms with Gasteiger partial charge in [-0.2, -0.15) is 0 Å². The van der Waals surface area contributed by atoms with E-state index in [4.69, 9.17) is 0 Å². The number of aryl methyl sites for hydroxylation is 1. The van der Waals surface area contributed by atoms with Crippen molar-refractivity contribution in [2.24, 2.45) is 5.92 Å².